The number of carbonyl (C=O) groups excluding carboxylic acids is 1. The number of alkyl halides is 3. The normalized spacial score (nSPS) is 11.9. The molecule has 0 unspecified atom stereocenters. The van der Waals surface area contributed by atoms with E-state index in [1.165, 1.54) is 23.1 Å². The van der Waals surface area contributed by atoms with E-state index >= 15 is 0 Å². The first-order valence-corrected chi connectivity index (χ1v) is 8.14. The van der Waals surface area contributed by atoms with Gasteiger partial charge in [-0.2, -0.15) is 13.2 Å². The van der Waals surface area contributed by atoms with Crippen molar-refractivity contribution >= 4 is 23.0 Å². The average molecular weight is 371 g/mol. The summed E-state index contributed by atoms with van der Waals surface area (Å²) in [4.78, 5) is 22.3. The molecule has 2 aromatic carbocycles. The van der Waals surface area contributed by atoms with Crippen LogP contribution in [0.15, 0.2) is 60.8 Å². The second-order valence-electron chi connectivity index (χ2n) is 6.01. The molecule has 0 aliphatic heterocycles. The summed E-state index contributed by atoms with van der Waals surface area (Å²) in [5.74, 6) is -0.287. The number of hydrogen-bond donors (Lipinski definition) is 0. The van der Waals surface area contributed by atoms with Crippen LogP contribution in [-0.2, 0) is 17.5 Å². The van der Waals surface area contributed by atoms with Crippen LogP contribution < -0.4 is 0 Å². The zero-order valence-electron chi connectivity index (χ0n) is 14.4. The van der Waals surface area contributed by atoms with Gasteiger partial charge in [0.1, 0.15) is 0 Å². The van der Waals surface area contributed by atoms with E-state index < -0.39 is 11.7 Å². The molecule has 0 radical (unpaired) electrons. The minimum atomic E-state index is -4.37. The average Bonchev–Trinajstić information content (AvgIpc) is 2.65. The SMILES string of the molecule is CN(Cc1ccc(C(F)(F)F)cc1)C(=O)/C=C/c1cnc2ccccc2n1. The monoisotopic (exact) mass is 371 g/mol. The Morgan fingerprint density at radius 1 is 1.07 bits per heavy atom. The second-order valence-corrected chi connectivity index (χ2v) is 6.01. The molecule has 4 nitrogen and oxygen atoms in total. The smallest absolute Gasteiger partial charge is 0.338 e. The molecular formula is C20H16F3N3O. The fourth-order valence-corrected chi connectivity index (χ4v) is 2.49. The summed E-state index contributed by atoms with van der Waals surface area (Å²) in [7, 11) is 1.58. The van der Waals surface area contributed by atoms with Crippen LogP contribution in [0.1, 0.15) is 16.8 Å². The lowest BCUT2D eigenvalue weighted by Gasteiger charge is -2.15. The largest absolute Gasteiger partial charge is 0.416 e. The molecule has 7 heteroatoms. The lowest BCUT2D eigenvalue weighted by molar-refractivity contribution is -0.137. The Bertz CT molecular complexity index is 982. The molecular weight excluding hydrogens is 355 g/mol. The van der Waals surface area contributed by atoms with Gasteiger partial charge in [-0.15, -0.1) is 0 Å². The first kappa shape index (κ1) is 18.6. The Morgan fingerprint density at radius 3 is 2.41 bits per heavy atom. The number of nitrogens with zero attached hydrogens (tertiary/aromatic N) is 3. The molecule has 27 heavy (non-hydrogen) atoms. The van der Waals surface area contributed by atoms with Crippen LogP contribution in [0.2, 0.25) is 0 Å². The predicted octanol–water partition coefficient (Wildman–Crippen LogP) is 4.32. The molecule has 0 spiro atoms. The molecule has 138 valence electrons. The second kappa shape index (κ2) is 7.57. The quantitative estimate of drug-likeness (QED) is 0.642. The molecule has 0 saturated heterocycles. The fraction of sp³-hybridized carbons (Fsp3) is 0.150. The number of fused-ring (bicyclic) bond motifs is 1. The number of carbonyl (C=O) groups is 1. The highest BCUT2D eigenvalue weighted by molar-refractivity contribution is 5.91. The standard InChI is InChI=1S/C20H16F3N3O/c1-26(13-14-6-8-15(9-7-14)20(21,22)23)19(27)11-10-16-12-24-17-4-2-3-5-18(17)25-16/h2-12H,13H2,1H3/b11-10+. The Kier molecular flexibility index (Phi) is 5.21. The summed E-state index contributed by atoms with van der Waals surface area (Å²) < 4.78 is 37.8. The van der Waals surface area contributed by atoms with Crippen molar-refractivity contribution in [3.05, 3.63) is 77.6 Å². The van der Waals surface area contributed by atoms with Gasteiger partial charge in [0.2, 0.25) is 5.91 Å². The van der Waals surface area contributed by atoms with Crippen molar-refractivity contribution in [3.63, 3.8) is 0 Å². The van der Waals surface area contributed by atoms with Gasteiger partial charge in [0, 0.05) is 19.7 Å². The Morgan fingerprint density at radius 2 is 1.74 bits per heavy atom. The maximum Gasteiger partial charge on any atom is 0.416 e. The summed E-state index contributed by atoms with van der Waals surface area (Å²) in [6.07, 6.45) is 0.125. The van der Waals surface area contributed by atoms with Gasteiger partial charge in [-0.3, -0.25) is 9.78 Å². The fourth-order valence-electron chi connectivity index (χ4n) is 2.49. The molecule has 0 aliphatic carbocycles. The maximum absolute atomic E-state index is 12.6. The third-order valence-corrected chi connectivity index (χ3v) is 3.94. The van der Waals surface area contributed by atoms with Crippen molar-refractivity contribution < 1.29 is 18.0 Å². The molecule has 0 aliphatic rings. The van der Waals surface area contributed by atoms with E-state index in [0.717, 1.165) is 23.2 Å². The van der Waals surface area contributed by atoms with Crippen LogP contribution in [-0.4, -0.2) is 27.8 Å². The highest BCUT2D eigenvalue weighted by Gasteiger charge is 2.29. The van der Waals surface area contributed by atoms with E-state index in [1.807, 2.05) is 24.3 Å². The number of rotatable bonds is 4. The van der Waals surface area contributed by atoms with E-state index in [9.17, 15) is 18.0 Å². The summed E-state index contributed by atoms with van der Waals surface area (Å²) in [6.45, 7) is 0.199. The third-order valence-electron chi connectivity index (χ3n) is 3.94. The minimum absolute atomic E-state index is 0.199. The van der Waals surface area contributed by atoms with Gasteiger partial charge < -0.3 is 4.90 Å². The first-order chi connectivity index (χ1) is 12.8. The van der Waals surface area contributed by atoms with Crippen molar-refractivity contribution in [2.24, 2.45) is 0 Å². The molecule has 1 aromatic heterocycles. The Labute approximate surface area is 154 Å². The Balaban J connectivity index is 1.65. The zero-order valence-corrected chi connectivity index (χ0v) is 14.4. The molecule has 3 rings (SSSR count). The molecule has 3 aromatic rings. The van der Waals surface area contributed by atoms with Gasteiger partial charge in [0.05, 0.1) is 28.5 Å². The number of hydrogen-bond acceptors (Lipinski definition) is 3. The molecule has 1 heterocycles. The van der Waals surface area contributed by atoms with Crippen LogP contribution in [0.3, 0.4) is 0 Å². The number of aromatic nitrogens is 2. The number of halogens is 3. The summed E-state index contributed by atoms with van der Waals surface area (Å²) in [5.41, 5.74) is 1.93. The number of benzene rings is 2. The molecule has 0 atom stereocenters. The zero-order chi connectivity index (χ0) is 19.4. The number of para-hydroxylation sites is 2. The summed E-state index contributed by atoms with van der Waals surface area (Å²) >= 11 is 0. The van der Waals surface area contributed by atoms with Crippen molar-refractivity contribution in [2.45, 2.75) is 12.7 Å². The van der Waals surface area contributed by atoms with Crippen LogP contribution in [0.25, 0.3) is 17.1 Å². The lowest BCUT2D eigenvalue weighted by atomic mass is 10.1. The molecule has 0 fully saturated rings. The van der Waals surface area contributed by atoms with Crippen molar-refractivity contribution in [2.75, 3.05) is 7.05 Å². The highest BCUT2D eigenvalue weighted by Crippen LogP contribution is 2.29. The van der Waals surface area contributed by atoms with Crippen molar-refractivity contribution in [3.8, 4) is 0 Å². The van der Waals surface area contributed by atoms with E-state index in [0.29, 0.717) is 11.3 Å². The van der Waals surface area contributed by atoms with E-state index in [1.54, 1.807) is 19.3 Å². The van der Waals surface area contributed by atoms with Crippen molar-refractivity contribution in [1.82, 2.24) is 14.9 Å². The molecule has 1 amide bonds. The van der Waals surface area contributed by atoms with Gasteiger partial charge in [0.25, 0.3) is 0 Å². The van der Waals surface area contributed by atoms with E-state index in [-0.39, 0.29) is 12.5 Å². The lowest BCUT2D eigenvalue weighted by Crippen LogP contribution is -2.24. The summed E-state index contributed by atoms with van der Waals surface area (Å²) in [6, 6.07) is 12.1. The van der Waals surface area contributed by atoms with Crippen LogP contribution in [0.4, 0.5) is 13.2 Å². The molecule has 0 N–H and O–H groups in total. The van der Waals surface area contributed by atoms with Crippen LogP contribution in [0, 0.1) is 0 Å². The first-order valence-electron chi connectivity index (χ1n) is 8.14. The molecule has 0 saturated carbocycles. The van der Waals surface area contributed by atoms with Crippen LogP contribution >= 0.6 is 0 Å². The third kappa shape index (κ3) is 4.69. The van der Waals surface area contributed by atoms with E-state index in [2.05, 4.69) is 9.97 Å². The van der Waals surface area contributed by atoms with Gasteiger partial charge in [0.15, 0.2) is 0 Å². The maximum atomic E-state index is 12.6. The van der Waals surface area contributed by atoms with E-state index in [4.69, 9.17) is 0 Å². The predicted molar refractivity (Wildman–Crippen MR) is 96.5 cm³/mol. The Hall–Kier alpha value is -3.22. The van der Waals surface area contributed by atoms with Gasteiger partial charge in [-0.25, -0.2) is 4.98 Å². The number of likely N-dealkylation sites (N-methyl/N-ethyl adjacent to an activating group) is 1. The van der Waals surface area contributed by atoms with Crippen molar-refractivity contribution in [1.29, 1.82) is 0 Å². The van der Waals surface area contributed by atoms with Gasteiger partial charge in [-0.1, -0.05) is 24.3 Å². The molecule has 0 bridgehead atoms. The van der Waals surface area contributed by atoms with Gasteiger partial charge >= 0.3 is 6.18 Å². The minimum Gasteiger partial charge on any atom is -0.338 e. The number of amides is 1. The summed E-state index contributed by atoms with van der Waals surface area (Å²) in [5, 5.41) is 0. The topological polar surface area (TPSA) is 46.1 Å². The van der Waals surface area contributed by atoms with Gasteiger partial charge in [-0.05, 0) is 35.9 Å². The van der Waals surface area contributed by atoms with Crippen LogP contribution in [0.5, 0.6) is 0 Å². The highest BCUT2D eigenvalue weighted by atomic mass is 19.4.